The molecule has 0 bridgehead atoms. The summed E-state index contributed by atoms with van der Waals surface area (Å²) in [6.07, 6.45) is 0.236. The van der Waals surface area contributed by atoms with E-state index in [0.717, 1.165) is 23.3 Å². The van der Waals surface area contributed by atoms with Crippen LogP contribution in [0.5, 0.6) is 5.75 Å². The van der Waals surface area contributed by atoms with Crippen LogP contribution in [0.4, 0.5) is 5.69 Å². The van der Waals surface area contributed by atoms with Crippen LogP contribution in [0.2, 0.25) is 0 Å². The van der Waals surface area contributed by atoms with Gasteiger partial charge in [0.15, 0.2) is 0 Å². The Bertz CT molecular complexity index is 523. The minimum Gasteiger partial charge on any atom is -0.493 e. The van der Waals surface area contributed by atoms with Crippen LogP contribution in [0.3, 0.4) is 0 Å². The first-order valence-corrected chi connectivity index (χ1v) is 6.47. The summed E-state index contributed by atoms with van der Waals surface area (Å²) < 4.78 is 5.67. The Hall–Kier alpha value is -2.00. The maximum absolute atomic E-state index is 10.4. The second-order valence-electron chi connectivity index (χ2n) is 4.46. The standard InChI is InChI=1S/C16H19NO2/c1-2-11-19-15-6-4-3-5-14(15)16(18)12-7-9-13(17)10-8-12/h3-10,16,18H,2,11,17H2,1H3. The highest BCUT2D eigenvalue weighted by Gasteiger charge is 2.14. The first-order valence-electron chi connectivity index (χ1n) is 6.47. The van der Waals surface area contributed by atoms with Gasteiger partial charge in [-0.15, -0.1) is 0 Å². The van der Waals surface area contributed by atoms with Crippen molar-refractivity contribution in [2.45, 2.75) is 19.4 Å². The quantitative estimate of drug-likeness (QED) is 0.809. The SMILES string of the molecule is CCCOc1ccccc1C(O)c1ccc(N)cc1. The van der Waals surface area contributed by atoms with Crippen LogP contribution in [-0.2, 0) is 0 Å². The Balaban J connectivity index is 2.27. The van der Waals surface area contributed by atoms with Crippen LogP contribution < -0.4 is 10.5 Å². The number of nitrogens with two attached hydrogens (primary N) is 1. The van der Waals surface area contributed by atoms with Crippen molar-refractivity contribution in [2.24, 2.45) is 0 Å². The monoisotopic (exact) mass is 257 g/mol. The van der Waals surface area contributed by atoms with Gasteiger partial charge in [-0.25, -0.2) is 0 Å². The van der Waals surface area contributed by atoms with E-state index >= 15 is 0 Å². The maximum atomic E-state index is 10.4. The number of ether oxygens (including phenoxy) is 1. The number of hydrogen-bond acceptors (Lipinski definition) is 3. The second kappa shape index (κ2) is 6.25. The van der Waals surface area contributed by atoms with Crippen molar-refractivity contribution in [3.63, 3.8) is 0 Å². The summed E-state index contributed by atoms with van der Waals surface area (Å²) in [5.74, 6) is 0.730. The molecular weight excluding hydrogens is 238 g/mol. The Labute approximate surface area is 113 Å². The summed E-state index contributed by atoms with van der Waals surface area (Å²) >= 11 is 0. The summed E-state index contributed by atoms with van der Waals surface area (Å²) in [6, 6.07) is 14.8. The minimum absolute atomic E-state index is 0.644. The third-order valence-corrected chi connectivity index (χ3v) is 2.93. The minimum atomic E-state index is -0.700. The largest absolute Gasteiger partial charge is 0.493 e. The van der Waals surface area contributed by atoms with Gasteiger partial charge in [0.05, 0.1) is 6.61 Å². The lowest BCUT2D eigenvalue weighted by Crippen LogP contribution is -2.04. The summed E-state index contributed by atoms with van der Waals surface area (Å²) in [7, 11) is 0. The number of hydrogen-bond donors (Lipinski definition) is 2. The number of rotatable bonds is 5. The molecule has 3 N–H and O–H groups in total. The molecule has 0 aromatic heterocycles. The van der Waals surface area contributed by atoms with Crippen LogP contribution in [0.1, 0.15) is 30.6 Å². The van der Waals surface area contributed by atoms with Gasteiger partial charge >= 0.3 is 0 Å². The van der Waals surface area contributed by atoms with Crippen molar-refractivity contribution >= 4 is 5.69 Å². The Kier molecular flexibility index (Phi) is 4.42. The van der Waals surface area contributed by atoms with Crippen LogP contribution >= 0.6 is 0 Å². The predicted octanol–water partition coefficient (Wildman–Crippen LogP) is 3.14. The van der Waals surface area contributed by atoms with Gasteiger partial charge in [0.1, 0.15) is 11.9 Å². The molecule has 0 aliphatic heterocycles. The van der Waals surface area contributed by atoms with Crippen LogP contribution in [-0.4, -0.2) is 11.7 Å². The van der Waals surface area contributed by atoms with E-state index in [2.05, 4.69) is 6.92 Å². The molecule has 0 saturated carbocycles. The average Bonchev–Trinajstić information content (AvgIpc) is 2.45. The molecule has 0 saturated heterocycles. The molecule has 0 spiro atoms. The predicted molar refractivity (Wildman–Crippen MR) is 77.1 cm³/mol. The first kappa shape index (κ1) is 13.4. The molecule has 0 aliphatic rings. The van der Waals surface area contributed by atoms with E-state index in [1.54, 1.807) is 12.1 Å². The molecule has 3 heteroatoms. The van der Waals surface area contributed by atoms with E-state index in [9.17, 15) is 5.11 Å². The molecule has 2 aromatic rings. The van der Waals surface area contributed by atoms with Gasteiger partial charge in [-0.3, -0.25) is 0 Å². The number of nitrogen functional groups attached to an aromatic ring is 1. The summed E-state index contributed by atoms with van der Waals surface area (Å²) in [6.45, 7) is 2.70. The van der Waals surface area contributed by atoms with Gasteiger partial charge in [0.2, 0.25) is 0 Å². The Morgan fingerprint density at radius 3 is 2.47 bits per heavy atom. The third-order valence-electron chi connectivity index (χ3n) is 2.93. The second-order valence-corrected chi connectivity index (χ2v) is 4.46. The lowest BCUT2D eigenvalue weighted by molar-refractivity contribution is 0.210. The normalized spacial score (nSPS) is 12.1. The zero-order valence-corrected chi connectivity index (χ0v) is 11.0. The van der Waals surface area contributed by atoms with Crippen molar-refractivity contribution in [2.75, 3.05) is 12.3 Å². The smallest absolute Gasteiger partial charge is 0.125 e. The van der Waals surface area contributed by atoms with E-state index in [1.165, 1.54) is 0 Å². The fraction of sp³-hybridized carbons (Fsp3) is 0.250. The molecule has 2 aromatic carbocycles. The summed E-state index contributed by atoms with van der Waals surface area (Å²) in [5, 5.41) is 10.4. The molecule has 0 amide bonds. The van der Waals surface area contributed by atoms with Gasteiger partial charge in [0.25, 0.3) is 0 Å². The highest BCUT2D eigenvalue weighted by Crippen LogP contribution is 2.30. The summed E-state index contributed by atoms with van der Waals surface area (Å²) in [5.41, 5.74) is 7.93. The maximum Gasteiger partial charge on any atom is 0.125 e. The zero-order valence-electron chi connectivity index (χ0n) is 11.0. The fourth-order valence-corrected chi connectivity index (χ4v) is 1.91. The molecule has 3 nitrogen and oxygen atoms in total. The van der Waals surface area contributed by atoms with Crippen LogP contribution in [0.15, 0.2) is 48.5 Å². The van der Waals surface area contributed by atoms with Crippen LogP contribution in [0, 0.1) is 0 Å². The number of aliphatic hydroxyl groups excluding tert-OH is 1. The van der Waals surface area contributed by atoms with E-state index < -0.39 is 6.10 Å². The molecule has 2 rings (SSSR count). The average molecular weight is 257 g/mol. The van der Waals surface area contributed by atoms with Crippen molar-refractivity contribution in [1.29, 1.82) is 0 Å². The molecule has 100 valence electrons. The number of benzene rings is 2. The molecule has 0 heterocycles. The van der Waals surface area contributed by atoms with Crippen molar-refractivity contribution < 1.29 is 9.84 Å². The lowest BCUT2D eigenvalue weighted by atomic mass is 10.0. The Morgan fingerprint density at radius 2 is 1.79 bits per heavy atom. The molecule has 0 radical (unpaired) electrons. The topological polar surface area (TPSA) is 55.5 Å². The van der Waals surface area contributed by atoms with Crippen molar-refractivity contribution in [1.82, 2.24) is 0 Å². The van der Waals surface area contributed by atoms with Crippen molar-refractivity contribution in [3.8, 4) is 5.75 Å². The first-order chi connectivity index (χ1) is 9.22. The van der Waals surface area contributed by atoms with Crippen molar-refractivity contribution in [3.05, 3.63) is 59.7 Å². The van der Waals surface area contributed by atoms with Gasteiger partial charge in [0, 0.05) is 11.3 Å². The highest BCUT2D eigenvalue weighted by atomic mass is 16.5. The third kappa shape index (κ3) is 3.26. The van der Waals surface area contributed by atoms with Gasteiger partial charge in [-0.2, -0.15) is 0 Å². The lowest BCUT2D eigenvalue weighted by Gasteiger charge is -2.16. The molecule has 1 atom stereocenters. The molecular formula is C16H19NO2. The number of anilines is 1. The molecule has 19 heavy (non-hydrogen) atoms. The fourth-order valence-electron chi connectivity index (χ4n) is 1.91. The van der Waals surface area contributed by atoms with E-state index in [1.807, 2.05) is 36.4 Å². The number of para-hydroxylation sites is 1. The molecule has 0 fully saturated rings. The number of aliphatic hydroxyl groups is 1. The highest BCUT2D eigenvalue weighted by molar-refractivity contribution is 5.44. The van der Waals surface area contributed by atoms with Gasteiger partial charge in [-0.1, -0.05) is 37.3 Å². The van der Waals surface area contributed by atoms with E-state index in [-0.39, 0.29) is 0 Å². The van der Waals surface area contributed by atoms with Gasteiger partial charge in [-0.05, 0) is 30.2 Å². The van der Waals surface area contributed by atoms with E-state index in [0.29, 0.717) is 12.3 Å². The molecule has 0 aliphatic carbocycles. The Morgan fingerprint density at radius 1 is 1.11 bits per heavy atom. The summed E-state index contributed by atoms with van der Waals surface area (Å²) in [4.78, 5) is 0. The van der Waals surface area contributed by atoms with Gasteiger partial charge < -0.3 is 15.6 Å². The van der Waals surface area contributed by atoms with Crippen LogP contribution in [0.25, 0.3) is 0 Å². The zero-order chi connectivity index (χ0) is 13.7. The van der Waals surface area contributed by atoms with E-state index in [4.69, 9.17) is 10.5 Å². The molecule has 1 unspecified atom stereocenters.